The first-order valence-electron chi connectivity index (χ1n) is 3.51. The molecule has 0 aromatic rings. The largest absolute Gasteiger partial charge is 0.378 e. The van der Waals surface area contributed by atoms with Crippen LogP contribution in [0.15, 0.2) is 5.10 Å². The molecule has 0 unspecified atom stereocenters. The van der Waals surface area contributed by atoms with Gasteiger partial charge in [-0.2, -0.15) is 5.10 Å². The molecule has 1 aliphatic heterocycles. The normalized spacial score (nSPS) is 15.8. The summed E-state index contributed by atoms with van der Waals surface area (Å²) in [5.41, 5.74) is 9.24. The molecular weight excluding hydrogens is 176 g/mol. The molecule has 0 bridgehead atoms. The molecule has 12 heavy (non-hydrogen) atoms. The molecule has 6 heteroatoms. The number of hydrogen-bond donors (Lipinski definition) is 2. The van der Waals surface area contributed by atoms with E-state index in [1.165, 1.54) is 0 Å². The van der Waals surface area contributed by atoms with Gasteiger partial charge in [0, 0.05) is 6.72 Å². The second-order valence-corrected chi connectivity index (χ2v) is 2.58. The summed E-state index contributed by atoms with van der Waals surface area (Å²) >= 11 is 4.09. The molecule has 1 aliphatic rings. The van der Waals surface area contributed by atoms with Crippen LogP contribution in [-0.4, -0.2) is 43.1 Å². The predicted molar refractivity (Wildman–Crippen MR) is 52.9 cm³/mol. The quantitative estimate of drug-likeness (QED) is 0.415. The van der Waals surface area contributed by atoms with E-state index < -0.39 is 0 Å². The molecule has 0 atom stereocenters. The van der Waals surface area contributed by atoms with E-state index in [1.807, 2.05) is 5.01 Å². The van der Waals surface area contributed by atoms with E-state index >= 15 is 0 Å². The van der Waals surface area contributed by atoms with E-state index in [4.69, 9.17) is 4.74 Å². The Morgan fingerprint density at radius 3 is 2.08 bits per heavy atom. The van der Waals surface area contributed by atoms with Gasteiger partial charge in [0.25, 0.3) is 0 Å². The van der Waals surface area contributed by atoms with Crippen molar-refractivity contribution < 1.29 is 4.74 Å². The molecule has 1 rings (SSSR count). The van der Waals surface area contributed by atoms with Gasteiger partial charge in [-0.25, -0.2) is 0 Å². The lowest BCUT2D eigenvalue weighted by molar-refractivity contribution is 0.0399. The molecule has 4 N–H and O–H groups in total. The molecular formula is C6H14N4OS. The van der Waals surface area contributed by atoms with Gasteiger partial charge < -0.3 is 16.2 Å². The zero-order valence-electron chi connectivity index (χ0n) is 6.90. The van der Waals surface area contributed by atoms with E-state index in [0.29, 0.717) is 0 Å². The first-order chi connectivity index (χ1) is 5.66. The van der Waals surface area contributed by atoms with Crippen LogP contribution in [0.3, 0.4) is 0 Å². The van der Waals surface area contributed by atoms with Crippen LogP contribution >= 0.6 is 12.2 Å². The molecule has 1 fully saturated rings. The van der Waals surface area contributed by atoms with Gasteiger partial charge in [-0.15, -0.1) is 0 Å². The summed E-state index contributed by atoms with van der Waals surface area (Å²) in [4.78, 5) is 0. The minimum absolute atomic E-state index is 0.000000000000000222. The molecule has 1 saturated heterocycles. The van der Waals surface area contributed by atoms with Crippen molar-refractivity contribution in [1.82, 2.24) is 5.01 Å². The predicted octanol–water partition coefficient (Wildman–Crippen LogP) is -0.877. The van der Waals surface area contributed by atoms with Crippen LogP contribution in [0, 0.1) is 0 Å². The summed E-state index contributed by atoms with van der Waals surface area (Å²) in [6.45, 7) is 6.77. The van der Waals surface area contributed by atoms with Crippen molar-refractivity contribution in [2.75, 3.05) is 26.3 Å². The number of ether oxygens (including phenoxy) is 1. The van der Waals surface area contributed by atoms with Crippen LogP contribution in [0.4, 0.5) is 0 Å². The zero-order chi connectivity index (χ0) is 9.40. The highest BCUT2D eigenvalue weighted by Gasteiger charge is 2.04. The lowest BCUT2D eigenvalue weighted by Gasteiger charge is -2.22. The molecule has 5 nitrogen and oxygen atoms in total. The smallest absolute Gasteiger partial charge is 0.160 e. The van der Waals surface area contributed by atoms with Gasteiger partial charge >= 0.3 is 0 Å². The molecule has 1 heterocycles. The standard InChI is InChI=1S/C5H10N2O.CH4N2S/c1-6-7-2-4-8-5-3-7;2-1(3)4/h1-5H2;(H4,2,3,4). The third-order valence-electron chi connectivity index (χ3n) is 1.19. The van der Waals surface area contributed by atoms with E-state index in [9.17, 15) is 0 Å². The Balaban J connectivity index is 0.000000261. The maximum absolute atomic E-state index is 5.07. The molecule has 0 aromatic heterocycles. The summed E-state index contributed by atoms with van der Waals surface area (Å²) in [5, 5.41) is 5.66. The van der Waals surface area contributed by atoms with Crippen molar-refractivity contribution in [3.8, 4) is 0 Å². The van der Waals surface area contributed by atoms with Crippen LogP contribution in [0.25, 0.3) is 0 Å². The average molecular weight is 190 g/mol. The summed E-state index contributed by atoms with van der Waals surface area (Å²) in [5.74, 6) is 0. The fourth-order valence-electron chi connectivity index (χ4n) is 0.695. The molecule has 0 radical (unpaired) electrons. The number of hydrazone groups is 1. The SMILES string of the molecule is C=NN1CCOCC1.NC(N)=S. The van der Waals surface area contributed by atoms with Gasteiger partial charge in [0.1, 0.15) is 0 Å². The molecule has 0 aliphatic carbocycles. The highest BCUT2D eigenvalue weighted by Crippen LogP contribution is 1.94. The summed E-state index contributed by atoms with van der Waals surface area (Å²) in [7, 11) is 0. The highest BCUT2D eigenvalue weighted by atomic mass is 32.1. The number of thiocarbonyl (C=S) groups is 1. The lowest BCUT2D eigenvalue weighted by atomic mass is 10.5. The Morgan fingerprint density at radius 1 is 1.42 bits per heavy atom. The van der Waals surface area contributed by atoms with E-state index in [0.717, 1.165) is 26.3 Å². The fourth-order valence-corrected chi connectivity index (χ4v) is 0.695. The van der Waals surface area contributed by atoms with Gasteiger partial charge in [-0.3, -0.25) is 5.01 Å². The van der Waals surface area contributed by atoms with E-state index in [-0.39, 0.29) is 5.11 Å². The second-order valence-electron chi connectivity index (χ2n) is 2.11. The Hall–Kier alpha value is -0.880. The van der Waals surface area contributed by atoms with Crippen molar-refractivity contribution in [1.29, 1.82) is 0 Å². The summed E-state index contributed by atoms with van der Waals surface area (Å²) in [6, 6.07) is 0. The third kappa shape index (κ3) is 7.23. The first-order valence-corrected chi connectivity index (χ1v) is 3.92. The van der Waals surface area contributed by atoms with Gasteiger partial charge in [-0.1, -0.05) is 0 Å². The van der Waals surface area contributed by atoms with Gasteiger partial charge in [0.15, 0.2) is 5.11 Å². The third-order valence-corrected chi connectivity index (χ3v) is 1.19. The Kier molecular flexibility index (Phi) is 6.31. The van der Waals surface area contributed by atoms with E-state index in [1.54, 1.807) is 0 Å². The Morgan fingerprint density at radius 2 is 1.83 bits per heavy atom. The topological polar surface area (TPSA) is 76.9 Å². The summed E-state index contributed by atoms with van der Waals surface area (Å²) < 4.78 is 5.07. The second kappa shape index (κ2) is 6.81. The monoisotopic (exact) mass is 190 g/mol. The van der Waals surface area contributed by atoms with Crippen LogP contribution in [0.5, 0.6) is 0 Å². The highest BCUT2D eigenvalue weighted by molar-refractivity contribution is 7.80. The number of rotatable bonds is 1. The number of nitrogens with two attached hydrogens (primary N) is 2. The van der Waals surface area contributed by atoms with Crippen molar-refractivity contribution in [3.63, 3.8) is 0 Å². The van der Waals surface area contributed by atoms with Crippen molar-refractivity contribution in [3.05, 3.63) is 0 Å². The van der Waals surface area contributed by atoms with Gasteiger partial charge in [0.2, 0.25) is 0 Å². The van der Waals surface area contributed by atoms with Crippen molar-refractivity contribution >= 4 is 24.0 Å². The maximum Gasteiger partial charge on any atom is 0.160 e. The van der Waals surface area contributed by atoms with Crippen LogP contribution in [0.2, 0.25) is 0 Å². The molecule has 70 valence electrons. The van der Waals surface area contributed by atoms with Gasteiger partial charge in [0.05, 0.1) is 26.3 Å². The molecule has 0 saturated carbocycles. The van der Waals surface area contributed by atoms with E-state index in [2.05, 4.69) is 35.5 Å². The zero-order valence-corrected chi connectivity index (χ0v) is 7.72. The fraction of sp³-hybridized carbons (Fsp3) is 0.667. The Bertz CT molecular complexity index is 142. The van der Waals surface area contributed by atoms with Crippen molar-refractivity contribution in [2.24, 2.45) is 16.6 Å². The average Bonchev–Trinajstić information content (AvgIpc) is 2.05. The van der Waals surface area contributed by atoms with Crippen LogP contribution in [0.1, 0.15) is 0 Å². The van der Waals surface area contributed by atoms with Crippen LogP contribution < -0.4 is 11.5 Å². The molecule has 0 spiro atoms. The van der Waals surface area contributed by atoms with Gasteiger partial charge in [-0.05, 0) is 12.2 Å². The minimum Gasteiger partial charge on any atom is -0.378 e. The molecule has 0 amide bonds. The lowest BCUT2D eigenvalue weighted by Crippen LogP contribution is -2.31. The number of nitrogens with zero attached hydrogens (tertiary/aromatic N) is 2. The van der Waals surface area contributed by atoms with Crippen LogP contribution in [-0.2, 0) is 4.74 Å². The molecule has 0 aromatic carbocycles. The van der Waals surface area contributed by atoms with Crippen molar-refractivity contribution in [2.45, 2.75) is 0 Å². The number of hydrogen-bond acceptors (Lipinski definition) is 4. The summed E-state index contributed by atoms with van der Waals surface area (Å²) in [6.07, 6.45) is 0. The Labute approximate surface area is 77.3 Å². The maximum atomic E-state index is 5.07. The minimum atomic E-state index is 0.000000000000000222. The first kappa shape index (κ1) is 11.1. The number of morpholine rings is 1.